The first-order valence-corrected chi connectivity index (χ1v) is 12.5. The lowest BCUT2D eigenvalue weighted by Crippen LogP contribution is -2.60. The molecule has 178 valence electrons. The Hall–Kier alpha value is -0.690. The molecule has 2 saturated heterocycles. The summed E-state index contributed by atoms with van der Waals surface area (Å²) in [4.78, 5) is 38.4. The summed E-state index contributed by atoms with van der Waals surface area (Å²) in [5.74, 6) is -1.01. The van der Waals surface area contributed by atoms with Gasteiger partial charge in [-0.2, -0.15) is 13.5 Å². The molecular formula is C19H31NO7S4. The van der Waals surface area contributed by atoms with Crippen LogP contribution in [0.5, 0.6) is 0 Å². The Morgan fingerprint density at radius 2 is 2.00 bits per heavy atom. The summed E-state index contributed by atoms with van der Waals surface area (Å²) in [7, 11) is -0.864. The highest BCUT2D eigenvalue weighted by Gasteiger charge is 2.58. The molecule has 12 heteroatoms. The normalized spacial score (nSPS) is 28.2. The Balaban J connectivity index is 0.00000240. The number of carbonyl (C=O) groups excluding carboxylic acids is 3. The van der Waals surface area contributed by atoms with E-state index in [1.165, 1.54) is 28.4 Å². The maximum Gasteiger partial charge on any atom is 0.359 e. The van der Waals surface area contributed by atoms with E-state index < -0.39 is 47.0 Å². The molecule has 1 N–H and O–H groups in total. The van der Waals surface area contributed by atoms with Crippen molar-refractivity contribution >= 4 is 65.7 Å². The number of β-lactam (4-membered cyclic amide) rings is 1. The van der Waals surface area contributed by atoms with Gasteiger partial charge in [0.1, 0.15) is 5.37 Å². The van der Waals surface area contributed by atoms with Gasteiger partial charge in [-0.3, -0.25) is 18.7 Å². The van der Waals surface area contributed by atoms with Crippen molar-refractivity contribution in [2.45, 2.75) is 58.3 Å². The molecule has 0 bridgehead atoms. The summed E-state index contributed by atoms with van der Waals surface area (Å²) in [6.07, 6.45) is -0.0599. The maximum atomic E-state index is 12.7. The van der Waals surface area contributed by atoms with Crippen molar-refractivity contribution in [1.29, 1.82) is 0 Å². The van der Waals surface area contributed by atoms with E-state index in [0.717, 1.165) is 6.42 Å². The van der Waals surface area contributed by atoms with Gasteiger partial charge in [0.2, 0.25) is 12.7 Å². The zero-order valence-corrected chi connectivity index (χ0v) is 20.7. The van der Waals surface area contributed by atoms with Gasteiger partial charge >= 0.3 is 11.9 Å². The SMILES string of the molecule is C.C[C@@H](O)[C@H]1C(=O)N2C(C(=O)OCOC(=O)C(C)(C)C)=C(S[C@@H]3CC[S@](=O)C3)S[C@H]12.S. The van der Waals surface area contributed by atoms with Crippen LogP contribution >= 0.6 is 37.0 Å². The minimum absolute atomic E-state index is 0. The Morgan fingerprint density at radius 3 is 2.52 bits per heavy atom. The molecule has 3 rings (SSSR count). The van der Waals surface area contributed by atoms with Gasteiger partial charge in [0, 0.05) is 27.6 Å². The topological polar surface area (TPSA) is 110 Å². The van der Waals surface area contributed by atoms with Gasteiger partial charge in [-0.1, -0.05) is 19.2 Å². The van der Waals surface area contributed by atoms with Gasteiger partial charge in [-0.25, -0.2) is 4.79 Å². The number of rotatable bonds is 6. The Kier molecular flexibility index (Phi) is 10.0. The average Bonchev–Trinajstić information content (AvgIpc) is 3.15. The summed E-state index contributed by atoms with van der Waals surface area (Å²) in [6.45, 7) is 6.07. The van der Waals surface area contributed by atoms with E-state index in [0.29, 0.717) is 15.7 Å². The molecule has 0 aromatic heterocycles. The van der Waals surface area contributed by atoms with E-state index in [2.05, 4.69) is 0 Å². The van der Waals surface area contributed by atoms with Crippen LogP contribution in [0.25, 0.3) is 0 Å². The molecule has 0 unspecified atom stereocenters. The zero-order chi connectivity index (χ0) is 21.5. The monoisotopic (exact) mass is 513 g/mol. The molecule has 3 aliphatic rings. The van der Waals surface area contributed by atoms with Gasteiger partial charge in [0.25, 0.3) is 0 Å². The highest BCUT2D eigenvalue weighted by Crippen LogP contribution is 2.55. The van der Waals surface area contributed by atoms with Crippen molar-refractivity contribution < 1.29 is 33.2 Å². The number of nitrogens with zero attached hydrogens (tertiary/aromatic N) is 1. The van der Waals surface area contributed by atoms with Gasteiger partial charge in [-0.05, 0) is 34.1 Å². The van der Waals surface area contributed by atoms with Crippen molar-refractivity contribution in [3.05, 3.63) is 9.93 Å². The van der Waals surface area contributed by atoms with Crippen molar-refractivity contribution in [2.24, 2.45) is 11.3 Å². The molecule has 0 spiro atoms. The maximum absolute atomic E-state index is 12.7. The number of aliphatic hydroxyl groups excluding tert-OH is 1. The van der Waals surface area contributed by atoms with Crippen LogP contribution in [0.4, 0.5) is 0 Å². The molecule has 5 atom stereocenters. The van der Waals surface area contributed by atoms with Crippen molar-refractivity contribution in [3.8, 4) is 0 Å². The molecule has 0 radical (unpaired) electrons. The van der Waals surface area contributed by atoms with Crippen LogP contribution in [0.3, 0.4) is 0 Å². The first-order valence-electron chi connectivity index (χ1n) is 9.28. The number of ether oxygens (including phenoxy) is 2. The van der Waals surface area contributed by atoms with Crippen LogP contribution in [0.2, 0.25) is 0 Å². The Bertz CT molecular complexity index is 778. The zero-order valence-electron chi connectivity index (χ0n) is 17.2. The molecule has 0 aromatic rings. The number of hydrogen-bond acceptors (Lipinski definition) is 9. The van der Waals surface area contributed by atoms with Crippen LogP contribution in [-0.4, -0.2) is 67.1 Å². The molecule has 3 heterocycles. The van der Waals surface area contributed by atoms with Gasteiger partial charge in [0.05, 0.1) is 21.7 Å². The van der Waals surface area contributed by atoms with E-state index in [1.54, 1.807) is 27.7 Å². The third-order valence-electron chi connectivity index (χ3n) is 4.76. The number of amides is 1. The summed E-state index contributed by atoms with van der Waals surface area (Å²) >= 11 is 2.78. The predicted molar refractivity (Wildman–Crippen MR) is 128 cm³/mol. The van der Waals surface area contributed by atoms with Crippen molar-refractivity contribution in [1.82, 2.24) is 4.90 Å². The lowest BCUT2D eigenvalue weighted by Gasteiger charge is -2.43. The van der Waals surface area contributed by atoms with Crippen LogP contribution in [0.1, 0.15) is 41.5 Å². The fourth-order valence-electron chi connectivity index (χ4n) is 3.13. The predicted octanol–water partition coefficient (Wildman–Crippen LogP) is 2.16. The molecule has 3 aliphatic heterocycles. The number of aliphatic hydroxyl groups is 1. The van der Waals surface area contributed by atoms with Crippen LogP contribution in [0.15, 0.2) is 9.93 Å². The molecule has 0 saturated carbocycles. The summed E-state index contributed by atoms with van der Waals surface area (Å²) in [5, 5.41) is 9.63. The third-order valence-corrected chi connectivity index (χ3v) is 9.31. The molecule has 0 aromatic carbocycles. The molecule has 8 nitrogen and oxygen atoms in total. The Labute approximate surface area is 201 Å². The van der Waals surface area contributed by atoms with E-state index in [-0.39, 0.29) is 43.2 Å². The number of thioether (sulfide) groups is 2. The first-order chi connectivity index (χ1) is 13.5. The largest absolute Gasteiger partial charge is 0.427 e. The van der Waals surface area contributed by atoms with Gasteiger partial charge in [-0.15, -0.1) is 11.8 Å². The molecule has 2 fully saturated rings. The fourth-order valence-corrected chi connectivity index (χ4v) is 8.37. The molecular weight excluding hydrogens is 482 g/mol. The van der Waals surface area contributed by atoms with E-state index in [4.69, 9.17) is 9.47 Å². The van der Waals surface area contributed by atoms with Crippen LogP contribution in [0, 0.1) is 11.3 Å². The van der Waals surface area contributed by atoms with Gasteiger partial charge in [0.15, 0.2) is 5.70 Å². The number of esters is 2. The van der Waals surface area contributed by atoms with Crippen molar-refractivity contribution in [3.63, 3.8) is 0 Å². The number of carbonyl (C=O) groups is 3. The van der Waals surface area contributed by atoms with Crippen LogP contribution < -0.4 is 0 Å². The number of fused-ring (bicyclic) bond motifs is 1. The third kappa shape index (κ3) is 6.01. The fraction of sp³-hybridized carbons (Fsp3) is 0.737. The summed E-state index contributed by atoms with van der Waals surface area (Å²) in [6, 6.07) is 0. The van der Waals surface area contributed by atoms with E-state index in [9.17, 15) is 23.7 Å². The highest BCUT2D eigenvalue weighted by molar-refractivity contribution is 8.23. The minimum Gasteiger partial charge on any atom is -0.427 e. The molecule has 1 amide bonds. The van der Waals surface area contributed by atoms with Gasteiger partial charge < -0.3 is 14.6 Å². The highest BCUT2D eigenvalue weighted by atomic mass is 32.2. The Morgan fingerprint density at radius 1 is 1.35 bits per heavy atom. The second-order valence-electron chi connectivity index (χ2n) is 8.19. The molecule has 31 heavy (non-hydrogen) atoms. The first kappa shape index (κ1) is 28.3. The lowest BCUT2D eigenvalue weighted by atomic mass is 9.92. The van der Waals surface area contributed by atoms with Crippen LogP contribution in [-0.2, 0) is 34.7 Å². The summed E-state index contributed by atoms with van der Waals surface area (Å²) < 4.78 is 22.4. The number of hydrogen-bond donors (Lipinski definition) is 1. The standard InChI is InChI=1S/C18H25NO7S3.CH4.H2S/c1-9(20)11-13(21)19-12(15(22)25-8-26-17(23)18(2,3)4)16(28-14(11)19)27-10-5-6-29(24)7-10;;/h9-11,14,20H,5-8H2,1-4H3;1H4;1H2/t9-,10-,11+,14-,29+;;/m1../s1. The minimum atomic E-state index is -0.864. The molecule has 0 aliphatic carbocycles. The van der Waals surface area contributed by atoms with E-state index >= 15 is 0 Å². The quantitative estimate of drug-likeness (QED) is 0.324. The van der Waals surface area contributed by atoms with Crippen molar-refractivity contribution in [2.75, 3.05) is 18.3 Å². The average molecular weight is 514 g/mol. The smallest absolute Gasteiger partial charge is 0.359 e. The second kappa shape index (κ2) is 11.0. The lowest BCUT2D eigenvalue weighted by molar-refractivity contribution is -0.174. The summed E-state index contributed by atoms with van der Waals surface area (Å²) in [5.41, 5.74) is -0.604. The van der Waals surface area contributed by atoms with E-state index in [1.807, 2.05) is 0 Å². The second-order valence-corrected chi connectivity index (χ2v) is 12.5.